The van der Waals surface area contributed by atoms with Crippen molar-refractivity contribution in [3.05, 3.63) is 59.8 Å². The molecule has 3 aromatic rings. The van der Waals surface area contributed by atoms with Crippen LogP contribution >= 0.6 is 0 Å². The topological polar surface area (TPSA) is 78.1 Å². The predicted octanol–water partition coefficient (Wildman–Crippen LogP) is 4.52. The molecule has 1 N–H and O–H groups in total. The van der Waals surface area contributed by atoms with E-state index in [2.05, 4.69) is 10.3 Å². The molecule has 0 radical (unpaired) electrons. The Kier molecular flexibility index (Phi) is 5.61. The molecule has 0 aliphatic rings. The number of ether oxygens (including phenoxy) is 3. The number of aryl methyl sites for hydroxylation is 2. The normalized spacial score (nSPS) is 10.9. The molecule has 1 aromatic heterocycles. The number of hydrogen-bond acceptors (Lipinski definition) is 6. The minimum atomic E-state index is 0.491. The third-order valence-electron chi connectivity index (χ3n) is 3.81. The minimum Gasteiger partial charge on any atom is -0.494 e. The summed E-state index contributed by atoms with van der Waals surface area (Å²) in [7, 11) is 1.76. The zero-order valence-corrected chi connectivity index (χ0v) is 15.4. The van der Waals surface area contributed by atoms with Crippen LogP contribution in [0.1, 0.15) is 18.2 Å². The van der Waals surface area contributed by atoms with Crippen LogP contribution in [0.25, 0.3) is 0 Å². The number of oxime groups is 1. The highest BCUT2D eigenvalue weighted by atomic mass is 16.5. The second kappa shape index (κ2) is 8.27. The second-order valence-corrected chi connectivity index (χ2v) is 5.75. The summed E-state index contributed by atoms with van der Waals surface area (Å²) in [6, 6.07) is 14.7. The maximum absolute atomic E-state index is 8.82. The molecule has 0 aliphatic heterocycles. The number of rotatable bonds is 7. The van der Waals surface area contributed by atoms with Crippen molar-refractivity contribution in [2.24, 2.45) is 12.2 Å². The van der Waals surface area contributed by atoms with Crippen molar-refractivity contribution in [1.82, 2.24) is 9.78 Å². The summed E-state index contributed by atoms with van der Waals surface area (Å²) >= 11 is 0. The van der Waals surface area contributed by atoms with Gasteiger partial charge in [-0.2, -0.15) is 5.10 Å². The monoisotopic (exact) mass is 367 g/mol. The van der Waals surface area contributed by atoms with Crippen molar-refractivity contribution >= 4 is 6.21 Å². The standard InChI is InChI=1S/C20H21N3O4/c1-4-25-15-5-7-16(8-6-15)26-17-9-11-18(12-10-17)27-20-19(13-21-24)14(2)22-23(20)3/h5-13,24H,4H2,1-3H3/b21-13-. The molecule has 7 nitrogen and oxygen atoms in total. The lowest BCUT2D eigenvalue weighted by Crippen LogP contribution is -1.97. The van der Waals surface area contributed by atoms with Gasteiger partial charge in [0.15, 0.2) is 0 Å². The molecule has 0 saturated carbocycles. The van der Waals surface area contributed by atoms with Gasteiger partial charge in [0.05, 0.1) is 24.1 Å². The number of benzene rings is 2. The maximum atomic E-state index is 8.82. The van der Waals surface area contributed by atoms with E-state index in [1.165, 1.54) is 6.21 Å². The van der Waals surface area contributed by atoms with Crippen LogP contribution in [0.4, 0.5) is 0 Å². The van der Waals surface area contributed by atoms with E-state index in [4.69, 9.17) is 19.4 Å². The largest absolute Gasteiger partial charge is 0.494 e. The summed E-state index contributed by atoms with van der Waals surface area (Å²) in [5.41, 5.74) is 1.33. The van der Waals surface area contributed by atoms with Gasteiger partial charge in [-0.15, -0.1) is 0 Å². The molecule has 7 heteroatoms. The Morgan fingerprint density at radius 2 is 1.48 bits per heavy atom. The van der Waals surface area contributed by atoms with Gasteiger partial charge in [0.25, 0.3) is 0 Å². The van der Waals surface area contributed by atoms with E-state index in [0.717, 1.165) is 11.5 Å². The molecule has 0 atom stereocenters. The van der Waals surface area contributed by atoms with Crippen LogP contribution in [-0.2, 0) is 7.05 Å². The van der Waals surface area contributed by atoms with Gasteiger partial charge in [0.2, 0.25) is 5.88 Å². The summed E-state index contributed by atoms with van der Waals surface area (Å²) in [6.07, 6.45) is 1.31. The quantitative estimate of drug-likeness (QED) is 0.377. The number of nitrogens with zero attached hydrogens (tertiary/aromatic N) is 3. The third-order valence-corrected chi connectivity index (χ3v) is 3.81. The first-order chi connectivity index (χ1) is 13.1. The molecule has 0 unspecified atom stereocenters. The van der Waals surface area contributed by atoms with Crippen molar-refractivity contribution in [2.75, 3.05) is 6.61 Å². The van der Waals surface area contributed by atoms with Gasteiger partial charge in [0, 0.05) is 7.05 Å². The van der Waals surface area contributed by atoms with Crippen LogP contribution in [0.3, 0.4) is 0 Å². The molecule has 2 aromatic carbocycles. The van der Waals surface area contributed by atoms with Gasteiger partial charge in [-0.25, -0.2) is 4.68 Å². The van der Waals surface area contributed by atoms with E-state index < -0.39 is 0 Å². The van der Waals surface area contributed by atoms with Gasteiger partial charge >= 0.3 is 0 Å². The maximum Gasteiger partial charge on any atom is 0.226 e. The first-order valence-electron chi connectivity index (χ1n) is 8.50. The lowest BCUT2D eigenvalue weighted by Gasteiger charge is -2.09. The summed E-state index contributed by atoms with van der Waals surface area (Å²) in [6.45, 7) is 4.39. The zero-order valence-electron chi connectivity index (χ0n) is 15.4. The van der Waals surface area contributed by atoms with Gasteiger partial charge in [0.1, 0.15) is 23.0 Å². The highest BCUT2D eigenvalue weighted by Gasteiger charge is 2.14. The fourth-order valence-electron chi connectivity index (χ4n) is 2.57. The molecule has 0 bridgehead atoms. The van der Waals surface area contributed by atoms with Crippen molar-refractivity contribution in [3.8, 4) is 28.9 Å². The Morgan fingerprint density at radius 3 is 2.00 bits per heavy atom. The zero-order chi connectivity index (χ0) is 19.2. The molecule has 3 rings (SSSR count). The number of hydrogen-bond donors (Lipinski definition) is 1. The lowest BCUT2D eigenvalue weighted by atomic mass is 10.2. The highest BCUT2D eigenvalue weighted by molar-refractivity contribution is 5.84. The predicted molar refractivity (Wildman–Crippen MR) is 102 cm³/mol. The fraction of sp³-hybridized carbons (Fsp3) is 0.200. The van der Waals surface area contributed by atoms with Crippen molar-refractivity contribution in [1.29, 1.82) is 0 Å². The van der Waals surface area contributed by atoms with Gasteiger partial charge < -0.3 is 19.4 Å². The Morgan fingerprint density at radius 1 is 0.963 bits per heavy atom. The van der Waals surface area contributed by atoms with Crippen molar-refractivity contribution < 1.29 is 19.4 Å². The summed E-state index contributed by atoms with van der Waals surface area (Å²) in [5.74, 6) is 3.32. The lowest BCUT2D eigenvalue weighted by molar-refractivity contribution is 0.321. The summed E-state index contributed by atoms with van der Waals surface area (Å²) in [4.78, 5) is 0. The molecule has 1 heterocycles. The molecule has 0 fully saturated rings. The SMILES string of the molecule is CCOc1ccc(Oc2ccc(Oc3c(/C=N\O)c(C)nn3C)cc2)cc1. The van der Waals surface area contributed by atoms with Crippen LogP contribution in [-0.4, -0.2) is 27.8 Å². The third kappa shape index (κ3) is 4.38. The molecule has 0 spiro atoms. The van der Waals surface area contributed by atoms with Crippen LogP contribution in [0.5, 0.6) is 28.9 Å². The fourth-order valence-corrected chi connectivity index (χ4v) is 2.57. The second-order valence-electron chi connectivity index (χ2n) is 5.75. The van der Waals surface area contributed by atoms with E-state index in [9.17, 15) is 0 Å². The van der Waals surface area contributed by atoms with Crippen LogP contribution in [0, 0.1) is 6.92 Å². The van der Waals surface area contributed by atoms with Crippen LogP contribution in [0.15, 0.2) is 53.7 Å². The van der Waals surface area contributed by atoms with Crippen molar-refractivity contribution in [3.63, 3.8) is 0 Å². The average Bonchev–Trinajstić information content (AvgIpc) is 2.92. The molecule has 0 amide bonds. The Bertz CT molecular complexity index is 916. The molecular weight excluding hydrogens is 346 g/mol. The first kappa shape index (κ1) is 18.3. The average molecular weight is 367 g/mol. The Balaban J connectivity index is 1.71. The van der Waals surface area contributed by atoms with Crippen LogP contribution in [0.2, 0.25) is 0 Å². The first-order valence-corrected chi connectivity index (χ1v) is 8.50. The van der Waals surface area contributed by atoms with Crippen LogP contribution < -0.4 is 14.2 Å². The molecule has 140 valence electrons. The van der Waals surface area contributed by atoms with E-state index in [1.807, 2.05) is 50.2 Å². The van der Waals surface area contributed by atoms with Gasteiger partial charge in [-0.3, -0.25) is 0 Å². The Labute approximate surface area is 157 Å². The van der Waals surface area contributed by atoms with E-state index >= 15 is 0 Å². The van der Waals surface area contributed by atoms with E-state index in [-0.39, 0.29) is 0 Å². The summed E-state index contributed by atoms with van der Waals surface area (Å²) < 4.78 is 18.7. The molecule has 0 aliphatic carbocycles. The van der Waals surface area contributed by atoms with Crippen molar-refractivity contribution in [2.45, 2.75) is 13.8 Å². The molecule has 0 saturated heterocycles. The number of aromatic nitrogens is 2. The molecular formula is C20H21N3O4. The minimum absolute atomic E-state index is 0.491. The van der Waals surface area contributed by atoms with Gasteiger partial charge in [-0.05, 0) is 62.4 Å². The molecule has 27 heavy (non-hydrogen) atoms. The smallest absolute Gasteiger partial charge is 0.226 e. The Hall–Kier alpha value is -3.48. The van der Waals surface area contributed by atoms with E-state index in [1.54, 1.807) is 23.9 Å². The highest BCUT2D eigenvalue weighted by Crippen LogP contribution is 2.29. The van der Waals surface area contributed by atoms with E-state index in [0.29, 0.717) is 35.2 Å². The van der Waals surface area contributed by atoms with Gasteiger partial charge in [-0.1, -0.05) is 5.16 Å². The summed E-state index contributed by atoms with van der Waals surface area (Å²) in [5, 5.41) is 16.2.